The molecule has 3 fully saturated rings. The van der Waals surface area contributed by atoms with Gasteiger partial charge in [0.05, 0.1) is 0 Å². The van der Waals surface area contributed by atoms with Crippen LogP contribution >= 0.6 is 0 Å². The minimum atomic E-state index is 0.0309. The zero-order valence-corrected chi connectivity index (χ0v) is 12.7. The Morgan fingerprint density at radius 2 is 1.82 bits per heavy atom. The average molecular weight is 295 g/mol. The second-order valence-electron chi connectivity index (χ2n) is 6.26. The molecule has 0 radical (unpaired) electrons. The highest BCUT2D eigenvalue weighted by Gasteiger charge is 2.31. The number of nitrogens with one attached hydrogen (secondary N) is 1. The monoisotopic (exact) mass is 295 g/mol. The maximum absolute atomic E-state index is 12.4. The molecule has 0 aliphatic carbocycles. The summed E-state index contributed by atoms with van der Waals surface area (Å²) in [6.45, 7) is 6.44. The first-order valence-corrected chi connectivity index (χ1v) is 8.03. The summed E-state index contributed by atoms with van der Waals surface area (Å²) in [7, 11) is 0. The van der Waals surface area contributed by atoms with Crippen LogP contribution in [0.4, 0.5) is 0 Å². The number of fused-ring (bicyclic) bond motifs is 4. The highest BCUT2D eigenvalue weighted by Crippen LogP contribution is 2.17. The molecule has 2 bridgehead atoms. The number of hydrogen-bond acceptors (Lipinski definition) is 3. The van der Waals surface area contributed by atoms with Gasteiger partial charge in [0.2, 0.25) is 0 Å². The first kappa shape index (κ1) is 13.7. The molecule has 3 heterocycles. The molecule has 114 valence electrons. The normalized spacial score (nSPS) is 27.0. The lowest BCUT2D eigenvalue weighted by Gasteiger charge is -2.47. The molecule has 4 heteroatoms. The first-order valence-electron chi connectivity index (χ1n) is 8.03. The molecule has 5 rings (SSSR count). The smallest absolute Gasteiger partial charge is 0.251 e. The van der Waals surface area contributed by atoms with Gasteiger partial charge in [-0.15, -0.1) is 0 Å². The SMILES string of the molecule is O=C(NCC1CN2CCN1CC2)c1ccc2ccccc2c1. The van der Waals surface area contributed by atoms with Gasteiger partial charge in [-0.05, 0) is 22.9 Å². The summed E-state index contributed by atoms with van der Waals surface area (Å²) in [6, 6.07) is 14.5. The largest absolute Gasteiger partial charge is 0.350 e. The number of benzene rings is 2. The van der Waals surface area contributed by atoms with Crippen LogP contribution in [0.2, 0.25) is 0 Å². The Morgan fingerprint density at radius 1 is 1.05 bits per heavy atom. The van der Waals surface area contributed by atoms with Gasteiger partial charge in [-0.1, -0.05) is 30.3 Å². The van der Waals surface area contributed by atoms with Crippen LogP contribution in [0.25, 0.3) is 10.8 Å². The fraction of sp³-hybridized carbons (Fsp3) is 0.389. The maximum Gasteiger partial charge on any atom is 0.251 e. The van der Waals surface area contributed by atoms with Crippen molar-refractivity contribution >= 4 is 16.7 Å². The quantitative estimate of drug-likeness (QED) is 0.933. The number of rotatable bonds is 3. The van der Waals surface area contributed by atoms with E-state index in [1.165, 1.54) is 18.5 Å². The van der Waals surface area contributed by atoms with Gasteiger partial charge in [0.1, 0.15) is 0 Å². The van der Waals surface area contributed by atoms with E-state index in [0.717, 1.165) is 37.1 Å². The Kier molecular flexibility index (Phi) is 3.56. The highest BCUT2D eigenvalue weighted by atomic mass is 16.1. The summed E-state index contributed by atoms with van der Waals surface area (Å²) in [5.41, 5.74) is 0.745. The second-order valence-corrected chi connectivity index (χ2v) is 6.26. The third-order valence-electron chi connectivity index (χ3n) is 4.90. The van der Waals surface area contributed by atoms with E-state index >= 15 is 0 Å². The summed E-state index contributed by atoms with van der Waals surface area (Å²) < 4.78 is 0. The molecule has 3 aliphatic heterocycles. The van der Waals surface area contributed by atoms with Crippen molar-refractivity contribution in [1.82, 2.24) is 15.1 Å². The highest BCUT2D eigenvalue weighted by molar-refractivity contribution is 5.98. The van der Waals surface area contributed by atoms with Crippen molar-refractivity contribution in [2.24, 2.45) is 0 Å². The predicted octanol–water partition coefficient (Wildman–Crippen LogP) is 1.57. The number of nitrogens with zero attached hydrogens (tertiary/aromatic N) is 2. The van der Waals surface area contributed by atoms with Gasteiger partial charge in [-0.3, -0.25) is 14.6 Å². The minimum absolute atomic E-state index is 0.0309. The molecule has 1 N–H and O–H groups in total. The molecule has 2 aromatic rings. The zero-order valence-electron chi connectivity index (χ0n) is 12.7. The van der Waals surface area contributed by atoms with Gasteiger partial charge in [-0.2, -0.15) is 0 Å². The minimum Gasteiger partial charge on any atom is -0.350 e. The topological polar surface area (TPSA) is 35.6 Å². The standard InChI is InChI=1S/C18H21N3O/c22-18(16-6-5-14-3-1-2-4-15(14)11-16)19-12-17-13-20-7-9-21(17)10-8-20/h1-6,11,17H,7-10,12-13H2,(H,19,22). The van der Waals surface area contributed by atoms with Gasteiger partial charge >= 0.3 is 0 Å². The molecule has 3 aliphatic rings. The Labute approximate surface area is 130 Å². The van der Waals surface area contributed by atoms with Crippen molar-refractivity contribution < 1.29 is 4.79 Å². The van der Waals surface area contributed by atoms with Gasteiger partial charge < -0.3 is 5.32 Å². The second kappa shape index (κ2) is 5.71. The Hall–Kier alpha value is -1.91. The lowest BCUT2D eigenvalue weighted by atomic mass is 10.1. The number of carbonyl (C=O) groups is 1. The van der Waals surface area contributed by atoms with E-state index in [-0.39, 0.29) is 5.91 Å². The van der Waals surface area contributed by atoms with Crippen LogP contribution in [0.5, 0.6) is 0 Å². The number of amides is 1. The molecule has 4 nitrogen and oxygen atoms in total. The van der Waals surface area contributed by atoms with Crippen molar-refractivity contribution in [3.63, 3.8) is 0 Å². The third-order valence-corrected chi connectivity index (χ3v) is 4.90. The van der Waals surface area contributed by atoms with E-state index in [1.54, 1.807) is 0 Å². The average Bonchev–Trinajstić information content (AvgIpc) is 2.60. The summed E-state index contributed by atoms with van der Waals surface area (Å²) in [5.74, 6) is 0.0309. The molecule has 22 heavy (non-hydrogen) atoms. The van der Waals surface area contributed by atoms with Crippen molar-refractivity contribution in [2.75, 3.05) is 39.3 Å². The molecule has 0 saturated carbocycles. The van der Waals surface area contributed by atoms with Crippen LogP contribution in [-0.4, -0.2) is 61.0 Å². The van der Waals surface area contributed by atoms with Crippen LogP contribution in [0.1, 0.15) is 10.4 Å². The van der Waals surface area contributed by atoms with Crippen LogP contribution in [-0.2, 0) is 0 Å². The van der Waals surface area contributed by atoms with Crippen LogP contribution in [0.3, 0.4) is 0 Å². The van der Waals surface area contributed by atoms with E-state index in [0.29, 0.717) is 6.04 Å². The molecular formula is C18H21N3O. The predicted molar refractivity (Wildman–Crippen MR) is 88.1 cm³/mol. The van der Waals surface area contributed by atoms with Gasteiger partial charge in [0.15, 0.2) is 0 Å². The van der Waals surface area contributed by atoms with Crippen LogP contribution < -0.4 is 5.32 Å². The van der Waals surface area contributed by atoms with Crippen molar-refractivity contribution in [2.45, 2.75) is 6.04 Å². The third kappa shape index (κ3) is 2.60. The summed E-state index contributed by atoms with van der Waals surface area (Å²) >= 11 is 0. The van der Waals surface area contributed by atoms with Crippen molar-refractivity contribution in [3.8, 4) is 0 Å². The molecule has 2 aromatic carbocycles. The molecule has 3 saturated heterocycles. The molecule has 0 spiro atoms. The van der Waals surface area contributed by atoms with E-state index in [2.05, 4.69) is 21.2 Å². The molecule has 0 aromatic heterocycles. The van der Waals surface area contributed by atoms with Gasteiger partial charge in [0.25, 0.3) is 5.91 Å². The van der Waals surface area contributed by atoms with Crippen molar-refractivity contribution in [3.05, 3.63) is 48.0 Å². The number of piperazine rings is 3. The molecular weight excluding hydrogens is 274 g/mol. The van der Waals surface area contributed by atoms with Crippen LogP contribution in [0, 0.1) is 0 Å². The van der Waals surface area contributed by atoms with E-state index in [1.807, 2.05) is 36.4 Å². The first-order chi connectivity index (χ1) is 10.8. The summed E-state index contributed by atoms with van der Waals surface area (Å²) in [6.07, 6.45) is 0. The molecule has 1 atom stereocenters. The lowest BCUT2D eigenvalue weighted by Crippen LogP contribution is -2.63. The Bertz CT molecular complexity index is 692. The summed E-state index contributed by atoms with van der Waals surface area (Å²) in [4.78, 5) is 17.4. The summed E-state index contributed by atoms with van der Waals surface area (Å²) in [5, 5.41) is 5.39. The van der Waals surface area contributed by atoms with E-state index in [9.17, 15) is 4.79 Å². The maximum atomic E-state index is 12.4. The molecule has 1 unspecified atom stereocenters. The van der Waals surface area contributed by atoms with Gasteiger partial charge in [-0.25, -0.2) is 0 Å². The van der Waals surface area contributed by atoms with Gasteiger partial charge in [0, 0.05) is 50.9 Å². The number of hydrogen-bond donors (Lipinski definition) is 1. The molecule has 1 amide bonds. The fourth-order valence-electron chi connectivity index (χ4n) is 3.56. The van der Waals surface area contributed by atoms with E-state index < -0.39 is 0 Å². The van der Waals surface area contributed by atoms with E-state index in [4.69, 9.17) is 0 Å². The Balaban J connectivity index is 1.43. The van der Waals surface area contributed by atoms with Crippen LogP contribution in [0.15, 0.2) is 42.5 Å². The fourth-order valence-corrected chi connectivity index (χ4v) is 3.56. The number of carbonyl (C=O) groups excluding carboxylic acids is 1. The zero-order chi connectivity index (χ0) is 14.9. The lowest BCUT2D eigenvalue weighted by molar-refractivity contribution is 0.0138. The Morgan fingerprint density at radius 3 is 2.55 bits per heavy atom. The van der Waals surface area contributed by atoms with Crippen molar-refractivity contribution in [1.29, 1.82) is 0 Å².